The second-order valence-electron chi connectivity index (χ2n) is 5.84. The fraction of sp³-hybridized carbons (Fsp3) is 0.412. The first kappa shape index (κ1) is 22.9. The molecule has 1 aromatic carbocycles. The third kappa shape index (κ3) is 6.06. The van der Waals surface area contributed by atoms with Gasteiger partial charge in [-0.05, 0) is 19.3 Å². The van der Waals surface area contributed by atoms with Gasteiger partial charge in [0.15, 0.2) is 0 Å². The summed E-state index contributed by atoms with van der Waals surface area (Å²) < 4.78 is 0. The molecule has 2 rings (SSSR count). The van der Waals surface area contributed by atoms with Crippen LogP contribution in [0, 0.1) is 12.8 Å². The van der Waals surface area contributed by atoms with Gasteiger partial charge in [-0.3, -0.25) is 4.79 Å². The Labute approximate surface area is 160 Å². The minimum absolute atomic E-state index is 0. The lowest BCUT2D eigenvalue weighted by atomic mass is 10.0. The Bertz CT molecular complexity index is 632. The number of aromatic nitrogens is 1. The van der Waals surface area contributed by atoms with E-state index in [-0.39, 0.29) is 36.8 Å². The second kappa shape index (κ2) is 10.7. The molecule has 0 bridgehead atoms. The minimum Gasteiger partial charge on any atom is -0.347 e. The highest BCUT2D eigenvalue weighted by Crippen LogP contribution is 2.27. The number of aryl methyl sites for hydroxylation is 1. The molecule has 1 unspecified atom stereocenters. The molecular weight excluding hydrogens is 365 g/mol. The molecular formula is C17H25Cl2N3OS. The summed E-state index contributed by atoms with van der Waals surface area (Å²) in [4.78, 5) is 17.7. The predicted octanol–water partition coefficient (Wildman–Crippen LogP) is 4.07. The third-order valence-corrected chi connectivity index (χ3v) is 4.60. The summed E-state index contributed by atoms with van der Waals surface area (Å²) in [7, 11) is 0. The SMILES string of the molecule is Cc1nc(-c2ccccc2)sc1C(=O)NC(CN)CC(C)C.Cl.Cl. The number of nitrogens with zero attached hydrogens (tertiary/aromatic N) is 1. The number of carbonyl (C=O) groups is 1. The number of amides is 1. The maximum Gasteiger partial charge on any atom is 0.263 e. The summed E-state index contributed by atoms with van der Waals surface area (Å²) in [6, 6.07) is 9.92. The molecule has 0 fully saturated rings. The van der Waals surface area contributed by atoms with Crippen LogP contribution in [0.3, 0.4) is 0 Å². The van der Waals surface area contributed by atoms with Crippen LogP contribution in [0.4, 0.5) is 0 Å². The number of benzene rings is 1. The highest BCUT2D eigenvalue weighted by atomic mass is 35.5. The lowest BCUT2D eigenvalue weighted by Gasteiger charge is -2.18. The van der Waals surface area contributed by atoms with Gasteiger partial charge in [-0.2, -0.15) is 0 Å². The van der Waals surface area contributed by atoms with E-state index in [9.17, 15) is 4.79 Å². The van der Waals surface area contributed by atoms with E-state index < -0.39 is 0 Å². The van der Waals surface area contributed by atoms with Crippen LogP contribution in [0.5, 0.6) is 0 Å². The second-order valence-corrected chi connectivity index (χ2v) is 6.83. The van der Waals surface area contributed by atoms with Crippen molar-refractivity contribution in [1.29, 1.82) is 0 Å². The van der Waals surface area contributed by atoms with E-state index in [1.807, 2.05) is 37.3 Å². The van der Waals surface area contributed by atoms with E-state index in [4.69, 9.17) is 5.73 Å². The number of hydrogen-bond acceptors (Lipinski definition) is 4. The zero-order valence-corrected chi connectivity index (χ0v) is 16.6. The lowest BCUT2D eigenvalue weighted by molar-refractivity contribution is 0.0937. The Morgan fingerprint density at radius 3 is 2.42 bits per heavy atom. The van der Waals surface area contributed by atoms with Gasteiger partial charge in [0.1, 0.15) is 9.88 Å². The van der Waals surface area contributed by atoms with Gasteiger partial charge in [-0.1, -0.05) is 44.2 Å². The normalized spacial score (nSPS) is 11.4. The first-order chi connectivity index (χ1) is 10.5. The largest absolute Gasteiger partial charge is 0.347 e. The van der Waals surface area contributed by atoms with Gasteiger partial charge in [-0.15, -0.1) is 36.2 Å². The maximum atomic E-state index is 12.5. The van der Waals surface area contributed by atoms with E-state index in [2.05, 4.69) is 24.1 Å². The fourth-order valence-corrected chi connectivity index (χ4v) is 3.32. The molecule has 0 spiro atoms. The Hall–Kier alpha value is -1.14. The Morgan fingerprint density at radius 2 is 1.88 bits per heavy atom. The summed E-state index contributed by atoms with van der Waals surface area (Å²) in [5.74, 6) is 0.421. The Kier molecular flexibility index (Phi) is 10.2. The monoisotopic (exact) mass is 389 g/mol. The van der Waals surface area contributed by atoms with Crippen LogP contribution >= 0.6 is 36.2 Å². The topological polar surface area (TPSA) is 68.0 Å². The number of thiazole rings is 1. The number of nitrogens with one attached hydrogen (secondary N) is 1. The predicted molar refractivity (Wildman–Crippen MR) is 107 cm³/mol. The first-order valence-corrected chi connectivity index (χ1v) is 8.36. The summed E-state index contributed by atoms with van der Waals surface area (Å²) in [6.07, 6.45) is 0.881. The smallest absolute Gasteiger partial charge is 0.263 e. The quantitative estimate of drug-likeness (QED) is 0.782. The van der Waals surface area contributed by atoms with Gasteiger partial charge in [-0.25, -0.2) is 4.98 Å². The van der Waals surface area contributed by atoms with E-state index in [1.165, 1.54) is 11.3 Å². The van der Waals surface area contributed by atoms with Crippen molar-refractivity contribution in [2.24, 2.45) is 11.7 Å². The van der Waals surface area contributed by atoms with E-state index in [0.717, 1.165) is 22.7 Å². The molecule has 4 nitrogen and oxygen atoms in total. The van der Waals surface area contributed by atoms with Crippen molar-refractivity contribution in [3.63, 3.8) is 0 Å². The number of nitrogens with two attached hydrogens (primary N) is 1. The van der Waals surface area contributed by atoms with Gasteiger partial charge in [0.2, 0.25) is 0 Å². The van der Waals surface area contributed by atoms with Crippen LogP contribution in [-0.4, -0.2) is 23.5 Å². The Balaban J connectivity index is 0.00000264. The van der Waals surface area contributed by atoms with Crippen LogP contribution in [0.1, 0.15) is 35.6 Å². The highest BCUT2D eigenvalue weighted by molar-refractivity contribution is 7.17. The van der Waals surface area contributed by atoms with E-state index in [1.54, 1.807) is 0 Å². The lowest BCUT2D eigenvalue weighted by Crippen LogP contribution is -2.41. The fourth-order valence-electron chi connectivity index (χ4n) is 2.35. The van der Waals surface area contributed by atoms with Crippen LogP contribution in [0.25, 0.3) is 10.6 Å². The molecule has 0 saturated carbocycles. The average molecular weight is 390 g/mol. The zero-order valence-electron chi connectivity index (χ0n) is 14.1. The molecule has 0 saturated heterocycles. The average Bonchev–Trinajstić information content (AvgIpc) is 2.89. The molecule has 2 aromatic rings. The van der Waals surface area contributed by atoms with Gasteiger partial charge in [0, 0.05) is 18.2 Å². The molecule has 1 amide bonds. The highest BCUT2D eigenvalue weighted by Gasteiger charge is 2.19. The molecule has 0 aliphatic carbocycles. The first-order valence-electron chi connectivity index (χ1n) is 7.55. The molecule has 7 heteroatoms. The van der Waals surface area contributed by atoms with Gasteiger partial charge >= 0.3 is 0 Å². The third-order valence-electron chi connectivity index (χ3n) is 3.40. The summed E-state index contributed by atoms with van der Waals surface area (Å²) in [6.45, 7) is 6.58. The maximum absolute atomic E-state index is 12.5. The van der Waals surface area contributed by atoms with Crippen molar-refractivity contribution in [2.75, 3.05) is 6.54 Å². The molecule has 24 heavy (non-hydrogen) atoms. The molecule has 1 aromatic heterocycles. The van der Waals surface area contributed by atoms with Crippen LogP contribution in [0.2, 0.25) is 0 Å². The van der Waals surface area contributed by atoms with Gasteiger partial charge in [0.25, 0.3) is 5.91 Å². The van der Waals surface area contributed by atoms with E-state index in [0.29, 0.717) is 17.3 Å². The van der Waals surface area contributed by atoms with Gasteiger partial charge < -0.3 is 11.1 Å². The van der Waals surface area contributed by atoms with Crippen LogP contribution in [0.15, 0.2) is 30.3 Å². The molecule has 3 N–H and O–H groups in total. The standard InChI is InChI=1S/C17H23N3OS.2ClH/c1-11(2)9-14(10-18)20-16(21)15-12(3)19-17(22-15)13-7-5-4-6-8-13;;/h4-8,11,14H,9-10,18H2,1-3H3,(H,20,21);2*1H. The van der Waals surface area contributed by atoms with Gasteiger partial charge in [0.05, 0.1) is 5.69 Å². The van der Waals surface area contributed by atoms with Crippen molar-refractivity contribution < 1.29 is 4.79 Å². The van der Waals surface area contributed by atoms with Crippen LogP contribution in [-0.2, 0) is 0 Å². The molecule has 0 aliphatic rings. The molecule has 134 valence electrons. The minimum atomic E-state index is -0.0757. The van der Waals surface area contributed by atoms with Crippen molar-refractivity contribution in [2.45, 2.75) is 33.2 Å². The zero-order chi connectivity index (χ0) is 16.1. The number of hydrogen-bond donors (Lipinski definition) is 2. The summed E-state index contributed by atoms with van der Waals surface area (Å²) in [5.41, 5.74) is 7.55. The number of rotatable bonds is 6. The van der Waals surface area contributed by atoms with Crippen molar-refractivity contribution in [3.05, 3.63) is 40.9 Å². The molecule has 1 heterocycles. The molecule has 1 atom stereocenters. The number of halogens is 2. The summed E-state index contributed by atoms with van der Waals surface area (Å²) in [5, 5.41) is 3.90. The van der Waals surface area contributed by atoms with E-state index >= 15 is 0 Å². The summed E-state index contributed by atoms with van der Waals surface area (Å²) >= 11 is 1.43. The number of carbonyl (C=O) groups excluding carboxylic acids is 1. The molecule has 0 radical (unpaired) electrons. The van der Waals surface area contributed by atoms with Crippen molar-refractivity contribution in [3.8, 4) is 10.6 Å². The Morgan fingerprint density at radius 1 is 1.25 bits per heavy atom. The van der Waals surface area contributed by atoms with Crippen molar-refractivity contribution >= 4 is 42.1 Å². The van der Waals surface area contributed by atoms with Crippen LogP contribution < -0.4 is 11.1 Å². The molecule has 0 aliphatic heterocycles. The van der Waals surface area contributed by atoms with Crippen molar-refractivity contribution in [1.82, 2.24) is 10.3 Å².